The molecule has 2 saturated carbocycles. The van der Waals surface area contributed by atoms with Crippen molar-refractivity contribution >= 4 is 0 Å². The van der Waals surface area contributed by atoms with Gasteiger partial charge in [-0.2, -0.15) is 0 Å². The number of nitrogens with one attached hydrogen (secondary N) is 1. The minimum Gasteiger partial charge on any atom is -0.311 e. The second-order valence-electron chi connectivity index (χ2n) is 6.12. The van der Waals surface area contributed by atoms with Gasteiger partial charge in [0.15, 0.2) is 0 Å². The number of hydrogen-bond acceptors (Lipinski definition) is 1. The van der Waals surface area contributed by atoms with E-state index in [2.05, 4.69) is 17.5 Å². The van der Waals surface area contributed by atoms with Crippen LogP contribution in [-0.4, -0.2) is 12.1 Å². The van der Waals surface area contributed by atoms with E-state index >= 15 is 0 Å². The van der Waals surface area contributed by atoms with Gasteiger partial charge in [0.2, 0.25) is 0 Å². The molecule has 0 saturated heterocycles. The Morgan fingerprint density at radius 3 is 2.31 bits per heavy atom. The zero-order chi connectivity index (χ0) is 10.8. The van der Waals surface area contributed by atoms with Crippen molar-refractivity contribution < 1.29 is 0 Å². The summed E-state index contributed by atoms with van der Waals surface area (Å²) in [6, 6.07) is 1.61. The fourth-order valence-corrected chi connectivity index (χ4v) is 4.11. The van der Waals surface area contributed by atoms with Gasteiger partial charge in [-0.05, 0) is 43.9 Å². The van der Waals surface area contributed by atoms with E-state index in [0.717, 1.165) is 23.9 Å². The molecule has 3 unspecified atom stereocenters. The van der Waals surface area contributed by atoms with Crippen LogP contribution in [0, 0.1) is 11.8 Å². The lowest BCUT2D eigenvalue weighted by molar-refractivity contribution is 0.139. The molecule has 1 heteroatoms. The molecular formula is C15H25N. The second-order valence-corrected chi connectivity index (χ2v) is 6.12. The maximum Gasteiger partial charge on any atom is 0.0139 e. The predicted octanol–water partition coefficient (Wildman–Crippen LogP) is 3.65. The van der Waals surface area contributed by atoms with E-state index in [1.165, 1.54) is 57.8 Å². The molecule has 16 heavy (non-hydrogen) atoms. The Kier molecular flexibility index (Phi) is 3.32. The lowest BCUT2D eigenvalue weighted by Crippen LogP contribution is -2.42. The van der Waals surface area contributed by atoms with E-state index < -0.39 is 0 Å². The van der Waals surface area contributed by atoms with Gasteiger partial charge in [-0.1, -0.05) is 37.8 Å². The predicted molar refractivity (Wildman–Crippen MR) is 68.4 cm³/mol. The lowest BCUT2D eigenvalue weighted by atomic mass is 9.69. The molecule has 3 aliphatic carbocycles. The van der Waals surface area contributed by atoms with Crippen molar-refractivity contribution in [3.8, 4) is 0 Å². The average Bonchev–Trinajstić information content (AvgIpc) is 2.82. The van der Waals surface area contributed by atoms with Crippen LogP contribution in [0.2, 0.25) is 0 Å². The highest BCUT2D eigenvalue weighted by Crippen LogP contribution is 2.40. The highest BCUT2D eigenvalue weighted by atomic mass is 15.0. The molecule has 3 rings (SSSR count). The molecule has 0 aromatic rings. The van der Waals surface area contributed by atoms with Gasteiger partial charge in [-0.25, -0.2) is 0 Å². The van der Waals surface area contributed by atoms with Gasteiger partial charge in [-0.3, -0.25) is 0 Å². The van der Waals surface area contributed by atoms with Crippen molar-refractivity contribution in [2.24, 2.45) is 11.8 Å². The molecule has 3 atom stereocenters. The van der Waals surface area contributed by atoms with Gasteiger partial charge < -0.3 is 5.32 Å². The quantitative estimate of drug-likeness (QED) is 0.699. The van der Waals surface area contributed by atoms with Gasteiger partial charge in [-0.15, -0.1) is 0 Å². The normalized spacial score (nSPS) is 39.9. The van der Waals surface area contributed by atoms with E-state index in [0.29, 0.717) is 0 Å². The minimum absolute atomic E-state index is 0.769. The van der Waals surface area contributed by atoms with E-state index in [9.17, 15) is 0 Å². The molecule has 90 valence electrons. The molecule has 0 aromatic heterocycles. The van der Waals surface area contributed by atoms with Crippen LogP contribution in [0.1, 0.15) is 57.8 Å². The Morgan fingerprint density at radius 2 is 1.50 bits per heavy atom. The van der Waals surface area contributed by atoms with Crippen molar-refractivity contribution in [2.45, 2.75) is 69.9 Å². The molecule has 1 N–H and O–H groups in total. The monoisotopic (exact) mass is 219 g/mol. The molecule has 0 spiro atoms. The lowest BCUT2D eigenvalue weighted by Gasteiger charge is -2.40. The third-order valence-corrected chi connectivity index (χ3v) is 5.02. The molecule has 0 heterocycles. The summed E-state index contributed by atoms with van der Waals surface area (Å²) in [5, 5.41) is 3.89. The summed E-state index contributed by atoms with van der Waals surface area (Å²) in [5.41, 5.74) is 0. The molecule has 0 bridgehead atoms. The van der Waals surface area contributed by atoms with E-state index in [4.69, 9.17) is 0 Å². The smallest absolute Gasteiger partial charge is 0.0139 e. The SMILES string of the molecule is C1=CCC(NC2CCC3CCCCC3C2)C1. The van der Waals surface area contributed by atoms with E-state index in [1.807, 2.05) is 0 Å². The molecule has 0 aliphatic heterocycles. The first-order valence-corrected chi connectivity index (χ1v) is 7.33. The summed E-state index contributed by atoms with van der Waals surface area (Å²) in [6.45, 7) is 0. The summed E-state index contributed by atoms with van der Waals surface area (Å²) in [4.78, 5) is 0. The molecule has 0 aromatic carbocycles. The highest BCUT2D eigenvalue weighted by Gasteiger charge is 2.32. The van der Waals surface area contributed by atoms with Gasteiger partial charge in [0, 0.05) is 12.1 Å². The Hall–Kier alpha value is -0.300. The van der Waals surface area contributed by atoms with Crippen LogP contribution < -0.4 is 5.32 Å². The molecular weight excluding hydrogens is 194 g/mol. The van der Waals surface area contributed by atoms with Crippen molar-refractivity contribution in [2.75, 3.05) is 0 Å². The minimum atomic E-state index is 0.769. The molecule has 3 aliphatic rings. The second kappa shape index (κ2) is 4.91. The number of hydrogen-bond donors (Lipinski definition) is 1. The maximum absolute atomic E-state index is 3.89. The van der Waals surface area contributed by atoms with Crippen molar-refractivity contribution in [1.82, 2.24) is 5.32 Å². The van der Waals surface area contributed by atoms with Gasteiger partial charge in [0.25, 0.3) is 0 Å². The van der Waals surface area contributed by atoms with Crippen molar-refractivity contribution in [3.63, 3.8) is 0 Å². The number of fused-ring (bicyclic) bond motifs is 1. The molecule has 0 radical (unpaired) electrons. The highest BCUT2D eigenvalue weighted by molar-refractivity contribution is 4.99. The summed E-state index contributed by atoms with van der Waals surface area (Å²) in [7, 11) is 0. The zero-order valence-corrected chi connectivity index (χ0v) is 10.3. The fraction of sp³-hybridized carbons (Fsp3) is 0.867. The summed E-state index contributed by atoms with van der Waals surface area (Å²) < 4.78 is 0. The van der Waals surface area contributed by atoms with E-state index in [-0.39, 0.29) is 0 Å². The van der Waals surface area contributed by atoms with Crippen LogP contribution in [0.3, 0.4) is 0 Å². The number of rotatable bonds is 2. The molecule has 1 nitrogen and oxygen atoms in total. The third kappa shape index (κ3) is 2.34. The summed E-state index contributed by atoms with van der Waals surface area (Å²) >= 11 is 0. The fourth-order valence-electron chi connectivity index (χ4n) is 4.11. The largest absolute Gasteiger partial charge is 0.311 e. The summed E-state index contributed by atoms with van der Waals surface area (Å²) in [5.74, 6) is 2.16. The first-order chi connectivity index (χ1) is 7.92. The Bertz CT molecular complexity index is 250. The van der Waals surface area contributed by atoms with Gasteiger partial charge >= 0.3 is 0 Å². The van der Waals surface area contributed by atoms with Crippen LogP contribution in [-0.2, 0) is 0 Å². The Morgan fingerprint density at radius 1 is 0.750 bits per heavy atom. The van der Waals surface area contributed by atoms with Crippen LogP contribution in [0.25, 0.3) is 0 Å². The standard InChI is InChI=1S/C15H25N/c1-2-6-13-11-15(10-9-12(13)5-1)16-14-7-3-4-8-14/h3-4,12-16H,1-2,5-11H2. The average molecular weight is 219 g/mol. The topological polar surface area (TPSA) is 12.0 Å². The first-order valence-electron chi connectivity index (χ1n) is 7.33. The molecule has 0 amide bonds. The van der Waals surface area contributed by atoms with Crippen LogP contribution in [0.4, 0.5) is 0 Å². The third-order valence-electron chi connectivity index (χ3n) is 5.02. The van der Waals surface area contributed by atoms with Crippen LogP contribution in [0.15, 0.2) is 12.2 Å². The Labute approximate surface area is 99.7 Å². The zero-order valence-electron chi connectivity index (χ0n) is 10.3. The maximum atomic E-state index is 3.89. The summed E-state index contributed by atoms with van der Waals surface area (Å²) in [6.07, 6.45) is 17.7. The van der Waals surface area contributed by atoms with Crippen molar-refractivity contribution in [1.29, 1.82) is 0 Å². The van der Waals surface area contributed by atoms with Gasteiger partial charge in [0.05, 0.1) is 0 Å². The molecule has 2 fully saturated rings. The van der Waals surface area contributed by atoms with Gasteiger partial charge in [0.1, 0.15) is 0 Å². The van der Waals surface area contributed by atoms with Crippen LogP contribution >= 0.6 is 0 Å². The van der Waals surface area contributed by atoms with E-state index in [1.54, 1.807) is 0 Å². The Balaban J connectivity index is 1.50. The van der Waals surface area contributed by atoms with Crippen LogP contribution in [0.5, 0.6) is 0 Å². The first kappa shape index (κ1) is 10.8. The van der Waals surface area contributed by atoms with Crippen molar-refractivity contribution in [3.05, 3.63) is 12.2 Å².